The number of halogens is 2. The lowest BCUT2D eigenvalue weighted by molar-refractivity contribution is -0.604. The highest BCUT2D eigenvalue weighted by Gasteiger charge is 2.23. The Morgan fingerprint density at radius 1 is 1.30 bits per heavy atom. The Hall–Kier alpha value is -4.15. The zero-order valence-electron chi connectivity index (χ0n) is 17.0. The standard InChI is InChI=1S/C20H16F2N6O4S/c1-32-20-16(27-33(30,31)17-6-4-13(21)10-14(17)22)9-12(11-25-20)15-5-7-19(24)28(26-15)18(23)3-2-8-29/h4-7,9-11,23-24,27,29H,8H2,1H3/p+1. The number of methoxy groups -OCH3 is 1. The number of nitrogens with two attached hydrogens (primary N) is 1. The van der Waals surface area contributed by atoms with Crippen LogP contribution in [-0.4, -0.2) is 43.2 Å². The zero-order valence-corrected chi connectivity index (χ0v) is 17.8. The van der Waals surface area contributed by atoms with Crippen LogP contribution in [0.3, 0.4) is 0 Å². The largest absolute Gasteiger partial charge is 0.480 e. The second kappa shape index (κ2) is 9.55. The minimum Gasteiger partial charge on any atom is -0.480 e. The van der Waals surface area contributed by atoms with E-state index >= 15 is 0 Å². The summed E-state index contributed by atoms with van der Waals surface area (Å²) in [5, 5.41) is 20.9. The lowest BCUT2D eigenvalue weighted by Gasteiger charge is -2.13. The van der Waals surface area contributed by atoms with Crippen LogP contribution in [0.25, 0.3) is 11.3 Å². The lowest BCUT2D eigenvalue weighted by atomic mass is 10.2. The van der Waals surface area contributed by atoms with Gasteiger partial charge in [0.1, 0.15) is 34.5 Å². The molecule has 33 heavy (non-hydrogen) atoms. The van der Waals surface area contributed by atoms with Crippen LogP contribution in [0.5, 0.6) is 5.88 Å². The average Bonchev–Trinajstić information content (AvgIpc) is 2.77. The van der Waals surface area contributed by atoms with Crippen LogP contribution in [0.4, 0.5) is 20.3 Å². The first-order valence-corrected chi connectivity index (χ1v) is 10.5. The Kier molecular flexibility index (Phi) is 6.80. The van der Waals surface area contributed by atoms with Gasteiger partial charge in [-0.2, -0.15) is 0 Å². The maximum Gasteiger partial charge on any atom is 0.332 e. The van der Waals surface area contributed by atoms with E-state index in [0.717, 1.165) is 16.8 Å². The highest BCUT2D eigenvalue weighted by Crippen LogP contribution is 2.29. The van der Waals surface area contributed by atoms with Gasteiger partial charge in [0.2, 0.25) is 11.7 Å². The van der Waals surface area contributed by atoms with Crippen LogP contribution in [0.15, 0.2) is 47.5 Å². The van der Waals surface area contributed by atoms with Crippen LogP contribution >= 0.6 is 0 Å². The van der Waals surface area contributed by atoms with Crippen LogP contribution in [0.1, 0.15) is 0 Å². The molecule has 0 aliphatic carbocycles. The Balaban J connectivity index is 2.04. The van der Waals surface area contributed by atoms with Gasteiger partial charge in [0, 0.05) is 29.8 Å². The van der Waals surface area contributed by atoms with E-state index in [-0.39, 0.29) is 28.9 Å². The summed E-state index contributed by atoms with van der Waals surface area (Å²) in [6.45, 7) is -0.455. The molecule has 3 rings (SSSR count). The topological polar surface area (TPSA) is 155 Å². The Bertz CT molecular complexity index is 1400. The molecule has 0 aliphatic heterocycles. The average molecular weight is 475 g/mol. The molecule has 13 heteroatoms. The predicted octanol–water partition coefficient (Wildman–Crippen LogP) is 0.922. The molecule has 5 N–H and O–H groups in total. The Morgan fingerprint density at radius 3 is 2.73 bits per heavy atom. The Labute approximate surface area is 187 Å². The first-order valence-electron chi connectivity index (χ1n) is 9.06. The molecule has 0 radical (unpaired) electrons. The van der Waals surface area contributed by atoms with Crippen molar-refractivity contribution in [2.24, 2.45) is 0 Å². The van der Waals surface area contributed by atoms with E-state index in [9.17, 15) is 17.2 Å². The summed E-state index contributed by atoms with van der Waals surface area (Å²) >= 11 is 0. The number of anilines is 2. The number of nitrogens with zero attached hydrogens (tertiary/aromatic N) is 3. The van der Waals surface area contributed by atoms with Crippen LogP contribution in [0, 0.1) is 28.9 Å². The molecule has 0 fully saturated rings. The number of aliphatic hydroxyl groups is 1. The van der Waals surface area contributed by atoms with Crippen molar-refractivity contribution < 1.29 is 31.7 Å². The van der Waals surface area contributed by atoms with E-state index in [1.807, 2.05) is 0 Å². The van der Waals surface area contributed by atoms with E-state index < -0.39 is 33.2 Å². The third-order valence-electron chi connectivity index (χ3n) is 4.13. The number of rotatable bonds is 5. The third kappa shape index (κ3) is 5.20. The summed E-state index contributed by atoms with van der Waals surface area (Å²) < 4.78 is 60.8. The fraction of sp³-hybridized carbons (Fsp3) is 0.100. The van der Waals surface area contributed by atoms with Crippen molar-refractivity contribution in [2.75, 3.05) is 24.2 Å². The van der Waals surface area contributed by atoms with E-state index in [1.165, 1.54) is 31.5 Å². The maximum atomic E-state index is 14.0. The van der Waals surface area contributed by atoms with Crippen molar-refractivity contribution in [3.8, 4) is 29.0 Å². The van der Waals surface area contributed by atoms with Gasteiger partial charge in [-0.05, 0) is 24.3 Å². The molecule has 0 atom stereocenters. The van der Waals surface area contributed by atoms with E-state index in [0.29, 0.717) is 11.6 Å². The molecule has 0 saturated heterocycles. The number of aliphatic hydroxyl groups excluding tert-OH is 1. The van der Waals surface area contributed by atoms with Gasteiger partial charge in [0.15, 0.2) is 0 Å². The minimum atomic E-state index is -4.46. The molecule has 0 amide bonds. The molecule has 0 unspecified atom stereocenters. The Morgan fingerprint density at radius 2 is 2.06 bits per heavy atom. The number of ether oxygens (including phenoxy) is 1. The molecule has 2 aromatic heterocycles. The molecule has 0 aliphatic rings. The number of pyridine rings is 1. The van der Waals surface area contributed by atoms with Crippen molar-refractivity contribution >= 4 is 27.4 Å². The third-order valence-corrected chi connectivity index (χ3v) is 5.53. The van der Waals surface area contributed by atoms with Gasteiger partial charge in [-0.1, -0.05) is 10.6 Å². The van der Waals surface area contributed by atoms with Crippen molar-refractivity contribution in [3.63, 3.8) is 0 Å². The molecular formula is C20H17F2N6O4S+. The number of sulfonamides is 1. The van der Waals surface area contributed by atoms with Gasteiger partial charge < -0.3 is 15.6 Å². The van der Waals surface area contributed by atoms with Gasteiger partial charge >= 0.3 is 5.84 Å². The molecule has 10 nitrogen and oxygen atoms in total. The van der Waals surface area contributed by atoms with E-state index in [4.69, 9.17) is 21.0 Å². The molecule has 3 aromatic rings. The minimum absolute atomic E-state index is 0.0881. The quantitative estimate of drug-likeness (QED) is 0.185. The number of benzene rings is 1. The summed E-state index contributed by atoms with van der Waals surface area (Å²) in [5.74, 6) is 2.15. The van der Waals surface area contributed by atoms with Crippen LogP contribution < -0.4 is 19.9 Å². The smallest absolute Gasteiger partial charge is 0.332 e. The molecule has 0 saturated carbocycles. The van der Waals surface area contributed by atoms with Gasteiger partial charge in [-0.15, -0.1) is 10.5 Å². The molecule has 170 valence electrons. The fourth-order valence-corrected chi connectivity index (χ4v) is 3.77. The van der Waals surface area contributed by atoms with Crippen molar-refractivity contribution in [1.82, 2.24) is 10.1 Å². The van der Waals surface area contributed by atoms with Crippen LogP contribution in [-0.2, 0) is 10.0 Å². The fourth-order valence-electron chi connectivity index (χ4n) is 2.66. The number of hydrogen-bond acceptors (Lipinski definition) is 8. The van der Waals surface area contributed by atoms with Crippen LogP contribution in [0.2, 0.25) is 0 Å². The normalized spacial score (nSPS) is 10.8. The summed E-state index contributed by atoms with van der Waals surface area (Å²) in [7, 11) is -3.21. The molecule has 1 aromatic carbocycles. The SMILES string of the molecule is COc1ncc(-c2ccc(N)[n+](C(=N)C#CCO)n2)cc1NS(=O)(=O)c1ccc(F)cc1F. The molecule has 0 spiro atoms. The highest BCUT2D eigenvalue weighted by atomic mass is 32.2. The summed E-state index contributed by atoms with van der Waals surface area (Å²) in [6, 6.07) is 6.33. The zero-order chi connectivity index (χ0) is 24.2. The summed E-state index contributed by atoms with van der Waals surface area (Å²) in [5.41, 5.74) is 6.22. The van der Waals surface area contributed by atoms with E-state index in [2.05, 4.69) is 26.6 Å². The van der Waals surface area contributed by atoms with Crippen molar-refractivity contribution in [1.29, 1.82) is 5.41 Å². The number of nitrogens with one attached hydrogen (secondary N) is 2. The number of nitrogen functional groups attached to an aromatic ring is 1. The second-order valence-corrected chi connectivity index (χ2v) is 7.98. The van der Waals surface area contributed by atoms with Crippen molar-refractivity contribution in [3.05, 3.63) is 54.2 Å². The van der Waals surface area contributed by atoms with Gasteiger partial charge in [-0.3, -0.25) is 4.72 Å². The number of hydrogen-bond donors (Lipinski definition) is 4. The van der Waals surface area contributed by atoms with Gasteiger partial charge in [-0.25, -0.2) is 22.2 Å². The molecular weight excluding hydrogens is 458 g/mol. The number of aromatic nitrogens is 3. The lowest BCUT2D eigenvalue weighted by Crippen LogP contribution is -2.47. The predicted molar refractivity (Wildman–Crippen MR) is 114 cm³/mol. The second-order valence-electron chi connectivity index (χ2n) is 6.32. The monoisotopic (exact) mass is 475 g/mol. The first kappa shape index (κ1) is 23.5. The summed E-state index contributed by atoms with van der Waals surface area (Å²) in [4.78, 5) is 3.27. The van der Waals surface area contributed by atoms with Crippen molar-refractivity contribution in [2.45, 2.75) is 4.90 Å². The van der Waals surface area contributed by atoms with Gasteiger partial charge in [0.25, 0.3) is 10.0 Å². The summed E-state index contributed by atoms with van der Waals surface area (Å²) in [6.07, 6.45) is 1.33. The highest BCUT2D eigenvalue weighted by molar-refractivity contribution is 7.92. The first-order chi connectivity index (χ1) is 15.7. The molecule has 0 bridgehead atoms. The van der Waals surface area contributed by atoms with E-state index in [1.54, 1.807) is 0 Å². The maximum absolute atomic E-state index is 14.0. The molecule has 2 heterocycles. The van der Waals surface area contributed by atoms with Gasteiger partial charge in [0.05, 0.1) is 7.11 Å².